The van der Waals surface area contributed by atoms with Crippen molar-refractivity contribution in [1.82, 2.24) is 0 Å². The highest BCUT2D eigenvalue weighted by Gasteiger charge is 2.33. The third kappa shape index (κ3) is 3.94. The normalized spacial score (nSPS) is 15.6. The maximum Gasteiger partial charge on any atom is 0.262 e. The lowest BCUT2D eigenvalue weighted by Crippen LogP contribution is -2.43. The van der Waals surface area contributed by atoms with Crippen LogP contribution in [0, 0.1) is 5.82 Å². The molecular weight excluding hydrogens is 367 g/mol. The Morgan fingerprint density at radius 3 is 2.45 bits per heavy atom. The summed E-state index contributed by atoms with van der Waals surface area (Å²) in [5, 5.41) is 3.45. The number of fused-ring (bicyclic) bond motifs is 1. The van der Waals surface area contributed by atoms with Gasteiger partial charge in [0.05, 0.1) is 12.2 Å². The van der Waals surface area contributed by atoms with Crippen molar-refractivity contribution in [3.05, 3.63) is 89.7 Å². The van der Waals surface area contributed by atoms with Gasteiger partial charge in [-0.15, -0.1) is 0 Å². The maximum atomic E-state index is 13.4. The van der Waals surface area contributed by atoms with Gasteiger partial charge in [0.2, 0.25) is 0 Å². The number of nitrogens with one attached hydrogen (secondary N) is 1. The minimum absolute atomic E-state index is 0.126. The number of benzene rings is 3. The molecule has 0 unspecified atom stereocenters. The minimum atomic E-state index is -0.410. The number of para-hydroxylation sites is 1. The van der Waals surface area contributed by atoms with Crippen LogP contribution in [0.15, 0.2) is 72.8 Å². The van der Waals surface area contributed by atoms with Gasteiger partial charge in [0.25, 0.3) is 5.91 Å². The maximum absolute atomic E-state index is 13.4. The molecule has 4 rings (SSSR count). The largest absolute Gasteiger partial charge is 0.494 e. The summed E-state index contributed by atoms with van der Waals surface area (Å²) in [5.41, 5.74) is 2.92. The Kier molecular flexibility index (Phi) is 5.47. The number of anilines is 2. The van der Waals surface area contributed by atoms with Crippen molar-refractivity contribution in [2.45, 2.75) is 25.9 Å². The van der Waals surface area contributed by atoms with E-state index < -0.39 is 6.17 Å². The summed E-state index contributed by atoms with van der Waals surface area (Å²) in [7, 11) is 0. The monoisotopic (exact) mass is 390 g/mol. The molecule has 0 fully saturated rings. The zero-order valence-corrected chi connectivity index (χ0v) is 16.3. The second-order valence-electron chi connectivity index (χ2n) is 7.02. The van der Waals surface area contributed by atoms with Crippen molar-refractivity contribution < 1.29 is 13.9 Å². The molecule has 0 radical (unpaired) electrons. The Bertz CT molecular complexity index is 987. The topological polar surface area (TPSA) is 41.6 Å². The number of halogens is 1. The van der Waals surface area contributed by atoms with Crippen LogP contribution in [-0.2, 0) is 0 Å². The number of unbranched alkanes of at least 4 members (excludes halogenated alkanes) is 1. The standard InChI is InChI=1S/C24H23FN2O2/c1-2-3-16-29-20-14-8-17(9-15-20)23-26-22-7-5-4-6-21(22)24(28)27(23)19-12-10-18(25)11-13-19/h4-15,23,26H,2-3,16H2,1H3/t23-/m1/s1. The first-order chi connectivity index (χ1) is 14.2. The SMILES string of the molecule is CCCCOc1ccc([C@@H]2Nc3ccccc3C(=O)N2c2ccc(F)cc2)cc1. The van der Waals surface area contributed by atoms with Gasteiger partial charge in [-0.05, 0) is 60.5 Å². The van der Waals surface area contributed by atoms with Crippen molar-refractivity contribution in [2.75, 3.05) is 16.8 Å². The Labute approximate surface area is 169 Å². The second-order valence-corrected chi connectivity index (χ2v) is 7.02. The summed E-state index contributed by atoms with van der Waals surface area (Å²) >= 11 is 0. The molecule has 3 aromatic rings. The van der Waals surface area contributed by atoms with E-state index in [0.717, 1.165) is 29.8 Å². The first-order valence-corrected chi connectivity index (χ1v) is 9.85. The van der Waals surface area contributed by atoms with Crippen LogP contribution in [-0.4, -0.2) is 12.5 Å². The lowest BCUT2D eigenvalue weighted by Gasteiger charge is -2.38. The van der Waals surface area contributed by atoms with E-state index in [-0.39, 0.29) is 11.7 Å². The van der Waals surface area contributed by atoms with E-state index in [2.05, 4.69) is 12.2 Å². The van der Waals surface area contributed by atoms with Crippen molar-refractivity contribution in [1.29, 1.82) is 0 Å². The van der Waals surface area contributed by atoms with Crippen molar-refractivity contribution in [2.24, 2.45) is 0 Å². The average molecular weight is 390 g/mol. The zero-order valence-electron chi connectivity index (χ0n) is 16.3. The third-order valence-electron chi connectivity index (χ3n) is 4.99. The van der Waals surface area contributed by atoms with Gasteiger partial charge in [0, 0.05) is 11.4 Å². The number of nitrogens with zero attached hydrogens (tertiary/aromatic N) is 1. The molecule has 0 aliphatic carbocycles. The van der Waals surface area contributed by atoms with Gasteiger partial charge in [-0.25, -0.2) is 4.39 Å². The van der Waals surface area contributed by atoms with Gasteiger partial charge in [0.1, 0.15) is 17.7 Å². The van der Waals surface area contributed by atoms with Gasteiger partial charge in [-0.1, -0.05) is 37.6 Å². The van der Waals surface area contributed by atoms with Crippen LogP contribution in [0.25, 0.3) is 0 Å². The summed E-state index contributed by atoms with van der Waals surface area (Å²) in [6.45, 7) is 2.81. The van der Waals surface area contributed by atoms with Crippen molar-refractivity contribution in [3.8, 4) is 5.75 Å². The fourth-order valence-corrected chi connectivity index (χ4v) is 3.44. The number of carbonyl (C=O) groups is 1. The van der Waals surface area contributed by atoms with Gasteiger partial charge in [0.15, 0.2) is 0 Å². The highest BCUT2D eigenvalue weighted by molar-refractivity contribution is 6.12. The Hall–Kier alpha value is -3.34. The second kappa shape index (κ2) is 8.35. The van der Waals surface area contributed by atoms with E-state index >= 15 is 0 Å². The van der Waals surface area contributed by atoms with Crippen LogP contribution in [0.2, 0.25) is 0 Å². The molecule has 1 amide bonds. The molecule has 0 saturated carbocycles. The summed E-state index contributed by atoms with van der Waals surface area (Å²) < 4.78 is 19.2. The molecule has 0 saturated heterocycles. The van der Waals surface area contributed by atoms with Gasteiger partial charge < -0.3 is 10.1 Å². The van der Waals surface area contributed by atoms with Gasteiger partial charge >= 0.3 is 0 Å². The number of ether oxygens (including phenoxy) is 1. The molecule has 0 bridgehead atoms. The van der Waals surface area contributed by atoms with Gasteiger partial charge in [-0.3, -0.25) is 9.69 Å². The van der Waals surface area contributed by atoms with Crippen molar-refractivity contribution >= 4 is 17.3 Å². The number of amides is 1. The summed E-state index contributed by atoms with van der Waals surface area (Å²) in [4.78, 5) is 15.0. The van der Waals surface area contributed by atoms with Gasteiger partial charge in [-0.2, -0.15) is 0 Å². The summed E-state index contributed by atoms with van der Waals surface area (Å²) in [5.74, 6) is 0.342. The van der Waals surface area contributed by atoms with E-state index in [4.69, 9.17) is 4.74 Å². The number of hydrogen-bond acceptors (Lipinski definition) is 3. The number of hydrogen-bond donors (Lipinski definition) is 1. The minimum Gasteiger partial charge on any atom is -0.494 e. The molecule has 1 heterocycles. The molecule has 3 aromatic carbocycles. The summed E-state index contributed by atoms with van der Waals surface area (Å²) in [6, 6.07) is 21.1. The predicted octanol–water partition coefficient (Wildman–Crippen LogP) is 5.78. The van der Waals surface area contributed by atoms with E-state index in [0.29, 0.717) is 17.9 Å². The van der Waals surface area contributed by atoms with Crippen LogP contribution < -0.4 is 15.0 Å². The molecule has 148 valence electrons. The molecule has 1 N–H and O–H groups in total. The molecule has 0 aromatic heterocycles. The van der Waals surface area contributed by atoms with E-state index in [1.807, 2.05) is 42.5 Å². The lowest BCUT2D eigenvalue weighted by molar-refractivity contribution is 0.0975. The molecule has 1 aliphatic heterocycles. The van der Waals surface area contributed by atoms with E-state index in [1.54, 1.807) is 23.1 Å². The van der Waals surface area contributed by atoms with Crippen molar-refractivity contribution in [3.63, 3.8) is 0 Å². The highest BCUT2D eigenvalue weighted by Crippen LogP contribution is 2.37. The first kappa shape index (κ1) is 19.0. The third-order valence-corrected chi connectivity index (χ3v) is 4.99. The fraction of sp³-hybridized carbons (Fsp3) is 0.208. The summed E-state index contributed by atoms with van der Waals surface area (Å²) in [6.07, 6.45) is 1.68. The Morgan fingerprint density at radius 2 is 1.72 bits per heavy atom. The van der Waals surface area contributed by atoms with E-state index in [1.165, 1.54) is 12.1 Å². The molecule has 29 heavy (non-hydrogen) atoms. The predicted molar refractivity (Wildman–Crippen MR) is 113 cm³/mol. The van der Waals surface area contributed by atoms with Crippen LogP contribution >= 0.6 is 0 Å². The number of rotatable bonds is 6. The fourth-order valence-electron chi connectivity index (χ4n) is 3.44. The Balaban J connectivity index is 1.69. The molecule has 4 nitrogen and oxygen atoms in total. The van der Waals surface area contributed by atoms with Crippen LogP contribution in [0.4, 0.5) is 15.8 Å². The van der Waals surface area contributed by atoms with Crippen LogP contribution in [0.1, 0.15) is 41.9 Å². The Morgan fingerprint density at radius 1 is 1.00 bits per heavy atom. The highest BCUT2D eigenvalue weighted by atomic mass is 19.1. The lowest BCUT2D eigenvalue weighted by atomic mass is 10.0. The quantitative estimate of drug-likeness (QED) is 0.543. The zero-order chi connectivity index (χ0) is 20.2. The molecule has 1 aliphatic rings. The van der Waals surface area contributed by atoms with Crippen LogP contribution in [0.3, 0.4) is 0 Å². The molecule has 1 atom stereocenters. The smallest absolute Gasteiger partial charge is 0.262 e. The molecule has 0 spiro atoms. The first-order valence-electron chi connectivity index (χ1n) is 9.85. The average Bonchev–Trinajstić information content (AvgIpc) is 2.75. The van der Waals surface area contributed by atoms with Crippen LogP contribution in [0.5, 0.6) is 5.75 Å². The van der Waals surface area contributed by atoms with E-state index in [9.17, 15) is 9.18 Å². The number of carbonyl (C=O) groups excluding carboxylic acids is 1. The molecule has 5 heteroatoms. The molecular formula is C24H23FN2O2.